The highest BCUT2D eigenvalue weighted by Crippen LogP contribution is 2.77. The van der Waals surface area contributed by atoms with Crippen LogP contribution in [0.25, 0.3) is 0 Å². The summed E-state index contributed by atoms with van der Waals surface area (Å²) in [6, 6.07) is 0. The first-order valence-electron chi connectivity index (χ1n) is 21.2. The van der Waals surface area contributed by atoms with E-state index in [0.717, 1.165) is 18.4 Å². The summed E-state index contributed by atoms with van der Waals surface area (Å²) in [6.07, 6.45) is -9.75. The van der Waals surface area contributed by atoms with Crippen molar-refractivity contribution >= 4 is 16.4 Å². The van der Waals surface area contributed by atoms with Crippen molar-refractivity contribution in [2.45, 2.75) is 197 Å². The summed E-state index contributed by atoms with van der Waals surface area (Å²) in [5.74, 6) is -0.746. The molecule has 18 heteroatoms. The number of ether oxygens (including phenoxy) is 6. The largest absolute Gasteiger partial charge is 0.453 e. The van der Waals surface area contributed by atoms with Gasteiger partial charge in [0.25, 0.3) is 0 Å². The quantitative estimate of drug-likeness (QED) is 0.0827. The molecule has 0 amide bonds. The van der Waals surface area contributed by atoms with E-state index in [9.17, 15) is 48.4 Å². The van der Waals surface area contributed by atoms with Crippen molar-refractivity contribution < 1.29 is 81.0 Å². The molecule has 59 heavy (non-hydrogen) atoms. The molecule has 3 saturated carbocycles. The molecule has 0 aromatic carbocycles. The highest BCUT2D eigenvalue weighted by atomic mass is 32.3. The number of rotatable bonds is 7. The Labute approximate surface area is 345 Å². The van der Waals surface area contributed by atoms with Crippen molar-refractivity contribution in [3.63, 3.8) is 0 Å². The van der Waals surface area contributed by atoms with E-state index >= 15 is 0 Å². The van der Waals surface area contributed by atoms with E-state index in [1.807, 2.05) is 26.8 Å². The van der Waals surface area contributed by atoms with Crippen LogP contribution in [0.1, 0.15) is 107 Å². The van der Waals surface area contributed by atoms with E-state index in [1.54, 1.807) is 6.92 Å². The van der Waals surface area contributed by atoms with E-state index in [2.05, 4.69) is 25.0 Å². The van der Waals surface area contributed by atoms with Crippen molar-refractivity contribution in [2.24, 2.45) is 33.5 Å². The van der Waals surface area contributed by atoms with Crippen molar-refractivity contribution in [1.29, 1.82) is 0 Å². The van der Waals surface area contributed by atoms with Gasteiger partial charge in [0.05, 0.1) is 30.5 Å². The predicted molar refractivity (Wildman–Crippen MR) is 203 cm³/mol. The van der Waals surface area contributed by atoms with Crippen LogP contribution in [0, 0.1) is 33.5 Å². The van der Waals surface area contributed by atoms with Crippen LogP contribution in [0.15, 0.2) is 11.6 Å². The fraction of sp³-hybridized carbons (Fsp3) is 0.927. The lowest BCUT2D eigenvalue weighted by Gasteiger charge is -2.64. The number of hydrogen-bond donors (Lipinski definition) is 7. The molecule has 4 aliphatic heterocycles. The SMILES string of the molecule is C[C@H]1O[C@@H](O[C@H]2[C@H](O[C@H]3CC[C@]4(C)C5=CC(O)C67C(=O)OC(C)(C8CCC(C)(C)O8)[C@@]6(O)CC[C@@]7(C)[C@@H]5CC[C@H]4C3(C)C)OC[C@@H](OS(=O)(=O)O)[C@@H]2O)[C@H](O)[C@@H](O)[C@@H]1O. The van der Waals surface area contributed by atoms with E-state index in [0.29, 0.717) is 32.1 Å². The molecule has 0 aromatic heterocycles. The van der Waals surface area contributed by atoms with Crippen LogP contribution in [0.5, 0.6) is 0 Å². The molecule has 17 nitrogen and oxygen atoms in total. The molecule has 0 bridgehead atoms. The highest BCUT2D eigenvalue weighted by Gasteiger charge is 2.87. The lowest BCUT2D eigenvalue weighted by atomic mass is 9.40. The fourth-order valence-electron chi connectivity index (χ4n) is 13.7. The second kappa shape index (κ2) is 14.1. The van der Waals surface area contributed by atoms with Gasteiger partial charge in [0.15, 0.2) is 18.2 Å². The van der Waals surface area contributed by atoms with E-state index in [4.69, 9.17) is 28.4 Å². The Bertz CT molecular complexity index is 1820. The number of allylic oxidation sites excluding steroid dienone is 1. The van der Waals surface area contributed by atoms with Crippen LogP contribution in [0.2, 0.25) is 0 Å². The summed E-state index contributed by atoms with van der Waals surface area (Å²) in [6.45, 7) is 15.1. The van der Waals surface area contributed by atoms with Crippen LogP contribution >= 0.6 is 0 Å². The number of aliphatic hydroxyl groups is 6. The number of carbonyl (C=O) groups excluding carboxylic acids is 1. The molecular formula is C41H64O17S. The maximum Gasteiger partial charge on any atom is 0.397 e. The first kappa shape index (κ1) is 44.3. The summed E-state index contributed by atoms with van der Waals surface area (Å²) in [4.78, 5) is 14.5. The smallest absolute Gasteiger partial charge is 0.397 e. The lowest BCUT2D eigenvalue weighted by molar-refractivity contribution is -0.362. The maximum atomic E-state index is 14.5. The van der Waals surface area contributed by atoms with Gasteiger partial charge in [-0.3, -0.25) is 9.35 Å². The van der Waals surface area contributed by atoms with Gasteiger partial charge in [0, 0.05) is 0 Å². The Kier molecular flexibility index (Phi) is 10.6. The molecule has 4 saturated heterocycles. The second-order valence-electron chi connectivity index (χ2n) is 20.7. The standard InChI is InChI=1S/C41H64O17S/c1-19-27(43)29(45)30(46)32(53-19)55-31-28(44)22(58-59(49,50)51)18-52-33(31)54-25-12-14-37(6)21-17-24(42)41-34(47)57-39(8,26-11-13-35(2,3)56-26)40(41,48)16-15-38(41,7)20(21)9-10-23(37)36(25,4)5/h17,19-20,22-33,42-46,48H,9-16,18H2,1-8H3,(H,49,50,51)/t19-,20-,22-,23+,24?,25+,26?,27-,28+,29+,30-,31-,32+,33+,37-,38+,39?,40+,41?/m1/s1. The Balaban J connectivity index is 1.07. The fourth-order valence-corrected chi connectivity index (χ4v) is 14.2. The molecule has 7 fully saturated rings. The molecule has 8 rings (SSSR count). The minimum absolute atomic E-state index is 0.0271. The topological polar surface area (TPSA) is 257 Å². The molecule has 1 spiro atoms. The Morgan fingerprint density at radius 2 is 1.51 bits per heavy atom. The van der Waals surface area contributed by atoms with Crippen molar-refractivity contribution in [2.75, 3.05) is 6.61 Å². The third-order valence-electron chi connectivity index (χ3n) is 16.9. The molecule has 4 unspecified atom stereocenters. The van der Waals surface area contributed by atoms with Gasteiger partial charge in [-0.2, -0.15) is 8.42 Å². The predicted octanol–water partition coefficient (Wildman–Crippen LogP) is 1.43. The van der Waals surface area contributed by atoms with Gasteiger partial charge in [-0.15, -0.1) is 0 Å². The van der Waals surface area contributed by atoms with E-state index in [-0.39, 0.29) is 18.3 Å². The van der Waals surface area contributed by atoms with Gasteiger partial charge in [0.2, 0.25) is 0 Å². The summed E-state index contributed by atoms with van der Waals surface area (Å²) < 4.78 is 74.3. The molecule has 19 atom stereocenters. The first-order chi connectivity index (χ1) is 27.2. The molecule has 4 aliphatic carbocycles. The van der Waals surface area contributed by atoms with Crippen LogP contribution in [-0.4, -0.2) is 147 Å². The Morgan fingerprint density at radius 1 is 0.814 bits per heavy atom. The van der Waals surface area contributed by atoms with Gasteiger partial charge in [-0.1, -0.05) is 39.3 Å². The number of hydrogen-bond acceptors (Lipinski definition) is 16. The van der Waals surface area contributed by atoms with Gasteiger partial charge >= 0.3 is 16.4 Å². The van der Waals surface area contributed by atoms with Crippen molar-refractivity contribution in [1.82, 2.24) is 0 Å². The minimum atomic E-state index is -5.04. The van der Waals surface area contributed by atoms with Crippen molar-refractivity contribution in [3.05, 3.63) is 11.6 Å². The van der Waals surface area contributed by atoms with Crippen LogP contribution in [0.3, 0.4) is 0 Å². The normalized spacial score (nSPS) is 54.1. The van der Waals surface area contributed by atoms with Gasteiger partial charge in [0.1, 0.15) is 53.7 Å². The van der Waals surface area contributed by atoms with Crippen LogP contribution < -0.4 is 0 Å². The number of cyclic esters (lactones) is 1. The Morgan fingerprint density at radius 3 is 2.15 bits per heavy atom. The molecule has 0 radical (unpaired) electrons. The van der Waals surface area contributed by atoms with E-state index < -0.39 is 135 Å². The molecule has 0 aromatic rings. The van der Waals surface area contributed by atoms with Gasteiger partial charge < -0.3 is 59.1 Å². The van der Waals surface area contributed by atoms with Crippen LogP contribution in [0.4, 0.5) is 0 Å². The van der Waals surface area contributed by atoms with Gasteiger partial charge in [-0.05, 0) is 107 Å². The summed E-state index contributed by atoms with van der Waals surface area (Å²) >= 11 is 0. The molecule has 336 valence electrons. The second-order valence-corrected chi connectivity index (χ2v) is 21.7. The zero-order chi connectivity index (χ0) is 43.3. The monoisotopic (exact) mass is 860 g/mol. The van der Waals surface area contributed by atoms with Gasteiger partial charge in [-0.25, -0.2) is 4.18 Å². The summed E-state index contributed by atoms with van der Waals surface area (Å²) in [5, 5.41) is 68.2. The number of esters is 1. The molecule has 7 N–H and O–H groups in total. The first-order valence-corrected chi connectivity index (χ1v) is 22.5. The number of carbonyl (C=O) groups is 1. The summed E-state index contributed by atoms with van der Waals surface area (Å²) in [7, 11) is -5.04. The minimum Gasteiger partial charge on any atom is -0.453 e. The third kappa shape index (κ3) is 6.16. The van der Waals surface area contributed by atoms with E-state index in [1.165, 1.54) is 6.92 Å². The zero-order valence-corrected chi connectivity index (χ0v) is 36.0. The summed E-state index contributed by atoms with van der Waals surface area (Å²) in [5.41, 5.74) is -5.89. The molecular weight excluding hydrogens is 797 g/mol. The zero-order valence-electron chi connectivity index (χ0n) is 35.1. The number of aliphatic hydroxyl groups excluding tert-OH is 5. The number of fused-ring (bicyclic) bond motifs is 4. The molecule has 4 heterocycles. The lowest BCUT2D eigenvalue weighted by Crippen LogP contribution is -2.69. The third-order valence-corrected chi connectivity index (χ3v) is 17.4. The maximum absolute atomic E-state index is 14.5. The van der Waals surface area contributed by atoms with Crippen LogP contribution in [-0.2, 0) is 47.8 Å². The highest BCUT2D eigenvalue weighted by molar-refractivity contribution is 7.80. The molecule has 8 aliphatic rings. The average molecular weight is 861 g/mol. The average Bonchev–Trinajstić information content (AvgIpc) is 3.70. The van der Waals surface area contributed by atoms with Crippen molar-refractivity contribution in [3.8, 4) is 0 Å². The Hall–Kier alpha value is -1.36.